The molecule has 1 fully saturated rings. The standard InChI is InChI=1S/C19H18F2N2O4/c1-23-16(6-8-18(23)24)19(25)22-15-10-12(4-7-17(15)26-2)27-11-3-5-13(20)14(21)9-11/h3-5,7,9-10,16H,6,8H2,1-2H3,(H,22,25)/t16-/m0/s1. The highest BCUT2D eigenvalue weighted by atomic mass is 19.2. The minimum atomic E-state index is -1.02. The summed E-state index contributed by atoms with van der Waals surface area (Å²) in [7, 11) is 3.03. The molecular formula is C19H18F2N2O4. The average Bonchev–Trinajstić information content (AvgIpc) is 2.97. The van der Waals surface area contributed by atoms with E-state index in [2.05, 4.69) is 5.32 Å². The molecule has 0 aliphatic carbocycles. The smallest absolute Gasteiger partial charge is 0.247 e. The Morgan fingerprint density at radius 3 is 2.48 bits per heavy atom. The Bertz CT molecular complexity index is 888. The second-order valence-electron chi connectivity index (χ2n) is 6.09. The Labute approximate surface area is 154 Å². The summed E-state index contributed by atoms with van der Waals surface area (Å²) >= 11 is 0. The minimum absolute atomic E-state index is 0.0856. The molecular weight excluding hydrogens is 358 g/mol. The number of halogens is 2. The van der Waals surface area contributed by atoms with E-state index in [0.717, 1.165) is 12.1 Å². The van der Waals surface area contributed by atoms with Gasteiger partial charge in [0, 0.05) is 25.6 Å². The molecule has 3 rings (SSSR count). The van der Waals surface area contributed by atoms with Crippen LogP contribution in [-0.4, -0.2) is 36.9 Å². The van der Waals surface area contributed by atoms with Crippen molar-refractivity contribution < 1.29 is 27.8 Å². The van der Waals surface area contributed by atoms with Crippen LogP contribution in [0.1, 0.15) is 12.8 Å². The minimum Gasteiger partial charge on any atom is -0.495 e. The summed E-state index contributed by atoms with van der Waals surface area (Å²) in [5.74, 6) is -1.62. The summed E-state index contributed by atoms with van der Waals surface area (Å²) in [5, 5.41) is 2.73. The van der Waals surface area contributed by atoms with Gasteiger partial charge in [-0.1, -0.05) is 0 Å². The van der Waals surface area contributed by atoms with Crippen molar-refractivity contribution in [1.82, 2.24) is 4.90 Å². The van der Waals surface area contributed by atoms with E-state index < -0.39 is 17.7 Å². The fourth-order valence-corrected chi connectivity index (χ4v) is 2.85. The number of nitrogens with one attached hydrogen (secondary N) is 1. The summed E-state index contributed by atoms with van der Waals surface area (Å²) in [6, 6.07) is 7.28. The van der Waals surface area contributed by atoms with Crippen molar-refractivity contribution in [3.8, 4) is 17.2 Å². The molecule has 1 atom stereocenters. The molecule has 0 unspecified atom stereocenters. The predicted octanol–water partition coefficient (Wildman–Crippen LogP) is 3.33. The van der Waals surface area contributed by atoms with Gasteiger partial charge in [-0.05, 0) is 30.7 Å². The normalized spacial score (nSPS) is 16.4. The number of hydrogen-bond acceptors (Lipinski definition) is 4. The number of likely N-dealkylation sites (tertiary alicyclic amines) is 1. The number of likely N-dealkylation sites (N-methyl/N-ethyl adjacent to an activating group) is 1. The van der Waals surface area contributed by atoms with Gasteiger partial charge < -0.3 is 19.7 Å². The van der Waals surface area contributed by atoms with E-state index in [-0.39, 0.29) is 17.6 Å². The number of rotatable bonds is 5. The predicted molar refractivity (Wildman–Crippen MR) is 93.8 cm³/mol. The van der Waals surface area contributed by atoms with Crippen LogP contribution in [0.4, 0.5) is 14.5 Å². The molecule has 2 aromatic carbocycles. The molecule has 0 aromatic heterocycles. The topological polar surface area (TPSA) is 67.9 Å². The molecule has 6 nitrogen and oxygen atoms in total. The maximum atomic E-state index is 13.3. The third-order valence-electron chi connectivity index (χ3n) is 4.35. The lowest BCUT2D eigenvalue weighted by Gasteiger charge is -2.20. The fourth-order valence-electron chi connectivity index (χ4n) is 2.85. The highest BCUT2D eigenvalue weighted by Crippen LogP contribution is 2.32. The van der Waals surface area contributed by atoms with Gasteiger partial charge in [-0.25, -0.2) is 8.78 Å². The molecule has 142 valence electrons. The lowest BCUT2D eigenvalue weighted by atomic mass is 10.2. The highest BCUT2D eigenvalue weighted by molar-refractivity contribution is 5.99. The van der Waals surface area contributed by atoms with Crippen LogP contribution in [0.5, 0.6) is 17.2 Å². The number of benzene rings is 2. The van der Waals surface area contributed by atoms with Gasteiger partial charge in [0.2, 0.25) is 11.8 Å². The maximum Gasteiger partial charge on any atom is 0.247 e. The van der Waals surface area contributed by atoms with Crippen molar-refractivity contribution in [3.05, 3.63) is 48.0 Å². The second-order valence-corrected chi connectivity index (χ2v) is 6.09. The zero-order chi connectivity index (χ0) is 19.6. The maximum absolute atomic E-state index is 13.3. The number of hydrogen-bond donors (Lipinski definition) is 1. The number of methoxy groups -OCH3 is 1. The Hall–Kier alpha value is -3.16. The van der Waals surface area contributed by atoms with Gasteiger partial charge in [-0.15, -0.1) is 0 Å². The zero-order valence-electron chi connectivity index (χ0n) is 14.8. The van der Waals surface area contributed by atoms with Crippen molar-refractivity contribution in [2.45, 2.75) is 18.9 Å². The summed E-state index contributed by atoms with van der Waals surface area (Å²) in [5.41, 5.74) is 0.343. The molecule has 2 amide bonds. The second kappa shape index (κ2) is 7.61. The molecule has 1 aliphatic rings. The van der Waals surface area contributed by atoms with E-state index in [1.165, 1.54) is 24.1 Å². The SMILES string of the molecule is COc1ccc(Oc2ccc(F)c(F)c2)cc1NC(=O)[C@@H]1CCC(=O)N1C. The van der Waals surface area contributed by atoms with Gasteiger partial charge in [0.1, 0.15) is 23.3 Å². The van der Waals surface area contributed by atoms with Gasteiger partial charge in [0.15, 0.2) is 11.6 Å². The summed E-state index contributed by atoms with van der Waals surface area (Å²) in [6.45, 7) is 0. The Morgan fingerprint density at radius 1 is 1.15 bits per heavy atom. The van der Waals surface area contributed by atoms with E-state index in [4.69, 9.17) is 9.47 Å². The molecule has 1 N–H and O–H groups in total. The largest absolute Gasteiger partial charge is 0.495 e. The van der Waals surface area contributed by atoms with Crippen LogP contribution in [0.15, 0.2) is 36.4 Å². The first-order valence-corrected chi connectivity index (χ1v) is 8.26. The van der Waals surface area contributed by atoms with Crippen LogP contribution in [0.2, 0.25) is 0 Å². The molecule has 0 saturated carbocycles. The Kier molecular flexibility index (Phi) is 5.25. The number of anilines is 1. The summed E-state index contributed by atoms with van der Waals surface area (Å²) in [4.78, 5) is 25.5. The number of carbonyl (C=O) groups excluding carboxylic acids is 2. The average molecular weight is 376 g/mol. The third-order valence-corrected chi connectivity index (χ3v) is 4.35. The van der Waals surface area contributed by atoms with Gasteiger partial charge in [0.25, 0.3) is 0 Å². The molecule has 27 heavy (non-hydrogen) atoms. The van der Waals surface area contributed by atoms with Crippen LogP contribution in [-0.2, 0) is 9.59 Å². The molecule has 0 spiro atoms. The van der Waals surface area contributed by atoms with Crippen LogP contribution >= 0.6 is 0 Å². The van der Waals surface area contributed by atoms with Crippen molar-refractivity contribution in [2.75, 3.05) is 19.5 Å². The van der Waals surface area contributed by atoms with Crippen molar-refractivity contribution >= 4 is 17.5 Å². The highest BCUT2D eigenvalue weighted by Gasteiger charge is 2.33. The summed E-state index contributed by atoms with van der Waals surface area (Å²) in [6.07, 6.45) is 0.763. The monoisotopic (exact) mass is 376 g/mol. The van der Waals surface area contributed by atoms with Crippen LogP contribution in [0, 0.1) is 11.6 Å². The Balaban J connectivity index is 1.80. The van der Waals surface area contributed by atoms with E-state index >= 15 is 0 Å². The van der Waals surface area contributed by atoms with Crippen molar-refractivity contribution in [2.24, 2.45) is 0 Å². The molecule has 1 heterocycles. The lowest BCUT2D eigenvalue weighted by molar-refractivity contribution is -0.131. The Morgan fingerprint density at radius 2 is 1.85 bits per heavy atom. The molecule has 2 aromatic rings. The molecule has 1 aliphatic heterocycles. The van der Waals surface area contributed by atoms with E-state index in [1.807, 2.05) is 0 Å². The zero-order valence-corrected chi connectivity index (χ0v) is 14.8. The van der Waals surface area contributed by atoms with Gasteiger partial charge in [-0.2, -0.15) is 0 Å². The number of ether oxygens (including phenoxy) is 2. The van der Waals surface area contributed by atoms with E-state index in [1.54, 1.807) is 19.2 Å². The number of carbonyl (C=O) groups is 2. The van der Waals surface area contributed by atoms with Crippen LogP contribution < -0.4 is 14.8 Å². The molecule has 8 heteroatoms. The molecule has 1 saturated heterocycles. The van der Waals surface area contributed by atoms with Gasteiger partial charge in [0.05, 0.1) is 12.8 Å². The van der Waals surface area contributed by atoms with Crippen molar-refractivity contribution in [3.63, 3.8) is 0 Å². The first-order chi connectivity index (χ1) is 12.9. The summed E-state index contributed by atoms with van der Waals surface area (Å²) < 4.78 is 37.1. The fraction of sp³-hybridized carbons (Fsp3) is 0.263. The van der Waals surface area contributed by atoms with Gasteiger partial charge in [-0.3, -0.25) is 9.59 Å². The van der Waals surface area contributed by atoms with Crippen molar-refractivity contribution in [1.29, 1.82) is 0 Å². The van der Waals surface area contributed by atoms with Crippen LogP contribution in [0.3, 0.4) is 0 Å². The molecule has 0 bridgehead atoms. The third kappa shape index (κ3) is 3.99. The van der Waals surface area contributed by atoms with E-state index in [0.29, 0.717) is 30.0 Å². The number of amides is 2. The first-order valence-electron chi connectivity index (χ1n) is 8.26. The quantitative estimate of drug-likeness (QED) is 0.869. The first kappa shape index (κ1) is 18.6. The molecule has 0 radical (unpaired) electrons. The number of nitrogens with zero attached hydrogens (tertiary/aromatic N) is 1. The van der Waals surface area contributed by atoms with E-state index in [9.17, 15) is 18.4 Å². The van der Waals surface area contributed by atoms with Gasteiger partial charge >= 0.3 is 0 Å². The lowest BCUT2D eigenvalue weighted by Crippen LogP contribution is -2.38. The van der Waals surface area contributed by atoms with Crippen LogP contribution in [0.25, 0.3) is 0 Å².